The summed E-state index contributed by atoms with van der Waals surface area (Å²) in [6.07, 6.45) is 0. The fraction of sp³-hybridized carbons (Fsp3) is 0.750. The molecule has 1 heterocycles. The summed E-state index contributed by atoms with van der Waals surface area (Å²) in [6.45, 7) is 2.26. The van der Waals surface area contributed by atoms with Gasteiger partial charge in [-0.15, -0.1) is 0 Å². The van der Waals surface area contributed by atoms with Crippen molar-refractivity contribution in [3.05, 3.63) is 0 Å². The number of hydrogen-bond acceptors (Lipinski definition) is 6. The number of hydrogen-bond donors (Lipinski definition) is 3. The Labute approximate surface area is 147 Å². The summed E-state index contributed by atoms with van der Waals surface area (Å²) in [5.74, 6) is -2.86. The molecule has 1 aliphatic rings. The van der Waals surface area contributed by atoms with Crippen molar-refractivity contribution in [3.8, 4) is 0 Å². The van der Waals surface area contributed by atoms with Gasteiger partial charge in [-0.1, -0.05) is 0 Å². The van der Waals surface area contributed by atoms with Gasteiger partial charge in [0, 0.05) is 39.3 Å². The van der Waals surface area contributed by atoms with Crippen molar-refractivity contribution >= 4 is 17.9 Å². The Morgan fingerprint density at radius 2 is 0.773 bits per heavy atom. The second kappa shape index (κ2) is 10.8. The first-order valence-electron chi connectivity index (χ1n) is 6.69. The molecule has 0 aliphatic carbocycles. The normalized spacial score (nSPS) is 18.5. The molecule has 0 aromatic heterocycles. The van der Waals surface area contributed by atoms with Crippen LogP contribution in [0.25, 0.3) is 0 Å². The van der Waals surface area contributed by atoms with Gasteiger partial charge < -0.3 is 15.3 Å². The molecule has 0 aromatic rings. The van der Waals surface area contributed by atoms with Crippen LogP contribution in [-0.2, 0) is 40.6 Å². The van der Waals surface area contributed by atoms with Crippen LogP contribution in [0.5, 0.6) is 0 Å². The largest absolute Gasteiger partial charge is 3.00 e. The van der Waals surface area contributed by atoms with Crippen molar-refractivity contribution in [2.24, 2.45) is 0 Å². The third-order valence-corrected chi connectivity index (χ3v) is 3.27. The van der Waals surface area contributed by atoms with Gasteiger partial charge in [0.2, 0.25) is 0 Å². The Morgan fingerprint density at radius 1 is 0.591 bits per heavy atom. The summed E-state index contributed by atoms with van der Waals surface area (Å²) in [5, 5.41) is 26.6. The standard InChI is InChI=1S/C12H21N3O6.Zr/c16-10(17)7-13-1-2-14(8-11(18)19)5-6-15(4-3-13)9-12(20)21;/h1-9H2,(H,16,17)(H,18,19)(H,20,21);/q;+3. The van der Waals surface area contributed by atoms with Gasteiger partial charge in [0.1, 0.15) is 0 Å². The maximum absolute atomic E-state index is 10.8. The van der Waals surface area contributed by atoms with Crippen LogP contribution in [0.15, 0.2) is 0 Å². The van der Waals surface area contributed by atoms with Gasteiger partial charge in [-0.05, 0) is 0 Å². The average Bonchev–Trinajstić information content (AvgIpc) is 2.42. The van der Waals surface area contributed by atoms with Gasteiger partial charge in [-0.25, -0.2) is 0 Å². The predicted molar refractivity (Wildman–Crippen MR) is 72.2 cm³/mol. The summed E-state index contributed by atoms with van der Waals surface area (Å²) in [5.41, 5.74) is 0. The molecule has 3 N–H and O–H groups in total. The summed E-state index contributed by atoms with van der Waals surface area (Å²) < 4.78 is 0. The summed E-state index contributed by atoms with van der Waals surface area (Å²) in [6, 6.07) is 0. The second-order valence-electron chi connectivity index (χ2n) is 5.01. The molecule has 1 fully saturated rings. The number of nitrogens with zero attached hydrogens (tertiary/aromatic N) is 3. The van der Waals surface area contributed by atoms with Crippen LogP contribution in [0.3, 0.4) is 0 Å². The molecule has 0 unspecified atom stereocenters. The molecule has 1 aliphatic heterocycles. The van der Waals surface area contributed by atoms with Crippen LogP contribution in [0.1, 0.15) is 0 Å². The molecule has 0 saturated carbocycles. The van der Waals surface area contributed by atoms with E-state index in [-0.39, 0.29) is 45.8 Å². The number of carboxylic acids is 3. The number of aliphatic carboxylic acids is 3. The van der Waals surface area contributed by atoms with Gasteiger partial charge in [-0.2, -0.15) is 0 Å². The zero-order valence-corrected chi connectivity index (χ0v) is 14.7. The van der Waals surface area contributed by atoms with Crippen molar-refractivity contribution in [3.63, 3.8) is 0 Å². The van der Waals surface area contributed by atoms with E-state index in [0.29, 0.717) is 39.3 Å². The molecule has 1 saturated heterocycles. The van der Waals surface area contributed by atoms with Crippen molar-refractivity contribution in [1.82, 2.24) is 14.7 Å². The van der Waals surface area contributed by atoms with Crippen LogP contribution in [-0.4, -0.2) is 107 Å². The van der Waals surface area contributed by atoms with Crippen molar-refractivity contribution < 1.29 is 55.9 Å². The molecular weight excluding hydrogens is 373 g/mol. The van der Waals surface area contributed by atoms with Gasteiger partial charge in [0.05, 0.1) is 19.6 Å². The molecule has 0 amide bonds. The van der Waals surface area contributed by atoms with Gasteiger partial charge in [0.25, 0.3) is 0 Å². The van der Waals surface area contributed by atoms with Crippen LogP contribution >= 0.6 is 0 Å². The third kappa shape index (κ3) is 9.24. The van der Waals surface area contributed by atoms with Crippen molar-refractivity contribution in [2.75, 3.05) is 58.9 Å². The quantitative estimate of drug-likeness (QED) is 0.477. The third-order valence-electron chi connectivity index (χ3n) is 3.27. The average molecular weight is 395 g/mol. The van der Waals surface area contributed by atoms with Crippen LogP contribution in [0, 0.1) is 0 Å². The zero-order chi connectivity index (χ0) is 15.8. The first-order chi connectivity index (χ1) is 9.86. The molecule has 1 rings (SSSR count). The first-order valence-corrected chi connectivity index (χ1v) is 6.69. The molecule has 22 heavy (non-hydrogen) atoms. The van der Waals surface area contributed by atoms with Crippen LogP contribution in [0.2, 0.25) is 0 Å². The first kappa shape index (κ1) is 21.2. The summed E-state index contributed by atoms with van der Waals surface area (Å²) >= 11 is 0. The molecule has 0 atom stereocenters. The molecule has 1 radical (unpaired) electrons. The van der Waals surface area contributed by atoms with Gasteiger partial charge >= 0.3 is 44.1 Å². The van der Waals surface area contributed by atoms with E-state index in [1.54, 1.807) is 14.7 Å². The maximum atomic E-state index is 10.8. The number of rotatable bonds is 6. The Bertz CT molecular complexity index is 326. The minimum absolute atomic E-state index is 0. The molecule has 0 spiro atoms. The second-order valence-corrected chi connectivity index (χ2v) is 5.01. The topological polar surface area (TPSA) is 122 Å². The molecule has 0 bridgehead atoms. The van der Waals surface area contributed by atoms with E-state index in [0.717, 1.165) is 0 Å². The van der Waals surface area contributed by atoms with Crippen LogP contribution in [0.4, 0.5) is 0 Å². The van der Waals surface area contributed by atoms with E-state index in [1.807, 2.05) is 0 Å². The molecule has 0 aromatic carbocycles. The Balaban J connectivity index is 0.00000441. The monoisotopic (exact) mass is 393 g/mol. The summed E-state index contributed by atoms with van der Waals surface area (Å²) in [7, 11) is 0. The van der Waals surface area contributed by atoms with Crippen LogP contribution < -0.4 is 0 Å². The van der Waals surface area contributed by atoms with Gasteiger partial charge in [0.15, 0.2) is 0 Å². The van der Waals surface area contributed by atoms with E-state index in [2.05, 4.69) is 0 Å². The summed E-state index contributed by atoms with van der Waals surface area (Å²) in [4.78, 5) is 37.5. The Kier molecular flexibility index (Phi) is 10.4. The minimum Gasteiger partial charge on any atom is -0.480 e. The Hall–Kier alpha value is -0.827. The van der Waals surface area contributed by atoms with E-state index >= 15 is 0 Å². The fourth-order valence-electron chi connectivity index (χ4n) is 2.23. The van der Waals surface area contributed by atoms with E-state index in [9.17, 15) is 14.4 Å². The minimum atomic E-state index is -0.955. The van der Waals surface area contributed by atoms with E-state index < -0.39 is 17.9 Å². The smallest absolute Gasteiger partial charge is 0.480 e. The Morgan fingerprint density at radius 3 is 0.909 bits per heavy atom. The molecular formula is C12H21N3O6Zr+3. The van der Waals surface area contributed by atoms with Gasteiger partial charge in [-0.3, -0.25) is 29.1 Å². The van der Waals surface area contributed by atoms with E-state index in [1.165, 1.54) is 0 Å². The zero-order valence-electron chi connectivity index (χ0n) is 12.3. The molecule has 10 heteroatoms. The maximum Gasteiger partial charge on any atom is 3.00 e. The van der Waals surface area contributed by atoms with Crippen molar-refractivity contribution in [1.29, 1.82) is 0 Å². The fourth-order valence-corrected chi connectivity index (χ4v) is 2.23. The van der Waals surface area contributed by atoms with E-state index in [4.69, 9.17) is 15.3 Å². The van der Waals surface area contributed by atoms with Crippen molar-refractivity contribution in [2.45, 2.75) is 0 Å². The SMILES string of the molecule is O=C(O)CN1CCN(CC(=O)O)CCN(CC(=O)O)CC1.[Zr+3]. The molecule has 9 nitrogen and oxygen atoms in total. The number of carboxylic acid groups (broad SMARTS) is 3. The number of carbonyl (C=O) groups is 3. The molecule has 121 valence electrons. The predicted octanol–water partition coefficient (Wildman–Crippen LogP) is -1.84.